The zero-order valence-electron chi connectivity index (χ0n) is 16.1. The van der Waals surface area contributed by atoms with Crippen molar-refractivity contribution in [2.75, 3.05) is 0 Å². The molecule has 2 saturated carbocycles. The molecule has 0 radical (unpaired) electrons. The summed E-state index contributed by atoms with van der Waals surface area (Å²) in [6, 6.07) is 7.54. The molecule has 2 fully saturated rings. The van der Waals surface area contributed by atoms with Gasteiger partial charge in [-0.3, -0.25) is 4.79 Å². The first-order valence-electron chi connectivity index (χ1n) is 9.32. The lowest BCUT2D eigenvalue weighted by Gasteiger charge is -2.34. The van der Waals surface area contributed by atoms with Crippen LogP contribution in [-0.2, 0) is 11.3 Å². The first kappa shape index (κ1) is 18.1. The lowest BCUT2D eigenvalue weighted by atomic mass is 9.70. The summed E-state index contributed by atoms with van der Waals surface area (Å²) < 4.78 is 5.58. The molecule has 0 aromatic heterocycles. The molecule has 136 valence electrons. The van der Waals surface area contributed by atoms with Crippen LogP contribution in [-0.4, -0.2) is 17.7 Å². The van der Waals surface area contributed by atoms with Gasteiger partial charge in [-0.2, -0.15) is 5.10 Å². The summed E-state index contributed by atoms with van der Waals surface area (Å²) in [7, 11) is 0. The van der Waals surface area contributed by atoms with Gasteiger partial charge in [0.25, 0.3) is 5.91 Å². The van der Waals surface area contributed by atoms with Crippen molar-refractivity contribution >= 4 is 11.6 Å². The number of amides is 1. The van der Waals surface area contributed by atoms with E-state index in [-0.39, 0.29) is 22.8 Å². The molecule has 2 aliphatic carbocycles. The van der Waals surface area contributed by atoms with Gasteiger partial charge in [0.1, 0.15) is 0 Å². The van der Waals surface area contributed by atoms with E-state index in [2.05, 4.69) is 31.3 Å². The van der Waals surface area contributed by atoms with Crippen molar-refractivity contribution in [3.8, 4) is 0 Å². The smallest absolute Gasteiger partial charge is 0.271 e. The first-order valence-corrected chi connectivity index (χ1v) is 9.32. The number of carbonyl (C=O) groups excluding carboxylic acids is 1. The molecule has 0 heterocycles. The molecule has 4 nitrogen and oxygen atoms in total. The molecule has 2 atom stereocenters. The Hall–Kier alpha value is -1.68. The lowest BCUT2D eigenvalue weighted by Crippen LogP contribution is -2.34. The van der Waals surface area contributed by atoms with Gasteiger partial charge in [0.2, 0.25) is 0 Å². The molecule has 3 rings (SSSR count). The van der Waals surface area contributed by atoms with Crippen molar-refractivity contribution < 1.29 is 9.53 Å². The minimum absolute atomic E-state index is 0.114. The number of benzene rings is 1. The normalized spacial score (nSPS) is 28.7. The molecule has 4 heteroatoms. The quantitative estimate of drug-likeness (QED) is 0.799. The number of rotatable bonds is 5. The number of hydrogen-bond donors (Lipinski definition) is 1. The van der Waals surface area contributed by atoms with Crippen molar-refractivity contribution in [1.29, 1.82) is 0 Å². The topological polar surface area (TPSA) is 50.7 Å². The Morgan fingerprint density at radius 2 is 1.96 bits per heavy atom. The molecule has 1 aromatic carbocycles. The van der Waals surface area contributed by atoms with Crippen molar-refractivity contribution in [3.05, 3.63) is 35.4 Å². The van der Waals surface area contributed by atoms with Crippen LogP contribution in [0, 0.1) is 16.7 Å². The molecular formula is C21H30N2O2. The summed E-state index contributed by atoms with van der Waals surface area (Å²) in [5.41, 5.74) is 6.02. The third-order valence-electron chi connectivity index (χ3n) is 6.60. The van der Waals surface area contributed by atoms with Crippen LogP contribution >= 0.6 is 0 Å². The van der Waals surface area contributed by atoms with E-state index in [9.17, 15) is 4.79 Å². The first-order chi connectivity index (χ1) is 11.7. The van der Waals surface area contributed by atoms with Crippen molar-refractivity contribution in [3.63, 3.8) is 0 Å². The van der Waals surface area contributed by atoms with Crippen LogP contribution < -0.4 is 5.43 Å². The summed E-state index contributed by atoms with van der Waals surface area (Å²) in [5.74, 6) is 0.543. The third kappa shape index (κ3) is 3.24. The van der Waals surface area contributed by atoms with Gasteiger partial charge in [0.05, 0.1) is 12.7 Å². The number of ether oxygens (including phenoxy) is 1. The number of hydrogen-bond acceptors (Lipinski definition) is 3. The average molecular weight is 342 g/mol. The molecule has 2 aliphatic rings. The number of nitrogens with one attached hydrogen (secondary N) is 1. The monoisotopic (exact) mass is 342 g/mol. The Balaban J connectivity index is 1.63. The van der Waals surface area contributed by atoms with E-state index in [0.29, 0.717) is 18.1 Å². The SMILES string of the molecule is CC(C)OCc1ccc(C(=O)N/N=C2/C[C@H]3CC[C@@]2(C)C3(C)C)cc1. The second kappa shape index (κ2) is 6.56. The molecular weight excluding hydrogens is 312 g/mol. The Labute approximate surface area is 151 Å². The van der Waals surface area contributed by atoms with Crippen LogP contribution in [0.2, 0.25) is 0 Å². The van der Waals surface area contributed by atoms with Crippen LogP contribution in [0.1, 0.15) is 69.8 Å². The molecule has 25 heavy (non-hydrogen) atoms. The number of carbonyl (C=O) groups is 1. The number of nitrogens with zero attached hydrogens (tertiary/aromatic N) is 1. The maximum Gasteiger partial charge on any atom is 0.271 e. The maximum absolute atomic E-state index is 12.4. The van der Waals surface area contributed by atoms with Gasteiger partial charge in [0, 0.05) is 16.7 Å². The summed E-state index contributed by atoms with van der Waals surface area (Å²) in [6.07, 6.45) is 3.65. The fraction of sp³-hybridized carbons (Fsp3) is 0.619. The average Bonchev–Trinajstić information content (AvgIpc) is 2.91. The number of fused-ring (bicyclic) bond motifs is 2. The second-order valence-electron chi connectivity index (χ2n) is 8.55. The highest BCUT2D eigenvalue weighted by atomic mass is 16.5. The van der Waals surface area contributed by atoms with E-state index in [1.54, 1.807) is 0 Å². The van der Waals surface area contributed by atoms with Gasteiger partial charge in [-0.25, -0.2) is 5.43 Å². The Kier molecular flexibility index (Phi) is 4.76. The van der Waals surface area contributed by atoms with Gasteiger partial charge < -0.3 is 4.74 Å². The van der Waals surface area contributed by atoms with Gasteiger partial charge in [-0.15, -0.1) is 0 Å². The van der Waals surface area contributed by atoms with Crippen LogP contribution in [0.15, 0.2) is 29.4 Å². The second-order valence-corrected chi connectivity index (χ2v) is 8.55. The van der Waals surface area contributed by atoms with Crippen LogP contribution in [0.4, 0.5) is 0 Å². The fourth-order valence-corrected chi connectivity index (χ4v) is 4.30. The van der Waals surface area contributed by atoms with Gasteiger partial charge in [-0.1, -0.05) is 32.9 Å². The van der Waals surface area contributed by atoms with Gasteiger partial charge in [0.15, 0.2) is 0 Å². The molecule has 1 N–H and O–H groups in total. The molecule has 1 amide bonds. The molecule has 0 unspecified atom stereocenters. The highest BCUT2D eigenvalue weighted by Crippen LogP contribution is 2.63. The maximum atomic E-state index is 12.4. The van der Waals surface area contributed by atoms with Crippen LogP contribution in [0.3, 0.4) is 0 Å². The highest BCUT2D eigenvalue weighted by Gasteiger charge is 2.60. The highest BCUT2D eigenvalue weighted by molar-refractivity contribution is 5.98. The van der Waals surface area contributed by atoms with Crippen molar-refractivity contribution in [1.82, 2.24) is 5.43 Å². The standard InChI is InChI=1S/C21H30N2O2/c1-14(2)25-13-15-6-8-16(9-7-15)19(24)23-22-18-12-17-10-11-21(18,5)20(17,3)4/h6-9,14,17H,10-13H2,1-5H3,(H,23,24)/b22-18-/t17-,21-/m1/s1. The molecule has 0 aliphatic heterocycles. The minimum Gasteiger partial charge on any atom is -0.374 e. The zero-order valence-corrected chi connectivity index (χ0v) is 16.1. The largest absolute Gasteiger partial charge is 0.374 e. The zero-order chi connectivity index (χ0) is 18.2. The summed E-state index contributed by atoms with van der Waals surface area (Å²) in [6.45, 7) is 11.6. The van der Waals surface area contributed by atoms with Crippen molar-refractivity contribution in [2.45, 2.75) is 66.6 Å². The van der Waals surface area contributed by atoms with E-state index < -0.39 is 0 Å². The van der Waals surface area contributed by atoms with E-state index >= 15 is 0 Å². The van der Waals surface area contributed by atoms with Gasteiger partial charge in [-0.05, 0) is 62.1 Å². The molecule has 1 aromatic rings. The predicted molar refractivity (Wildman–Crippen MR) is 100 cm³/mol. The van der Waals surface area contributed by atoms with E-state index in [4.69, 9.17) is 4.74 Å². The number of hydrazone groups is 1. The Bertz CT molecular complexity index is 676. The van der Waals surface area contributed by atoms with Gasteiger partial charge >= 0.3 is 0 Å². The predicted octanol–water partition coefficient (Wildman–Crippen LogP) is 4.54. The Morgan fingerprint density at radius 1 is 1.28 bits per heavy atom. The third-order valence-corrected chi connectivity index (χ3v) is 6.60. The van der Waals surface area contributed by atoms with E-state index in [0.717, 1.165) is 17.7 Å². The fourth-order valence-electron chi connectivity index (χ4n) is 4.30. The summed E-state index contributed by atoms with van der Waals surface area (Å²) >= 11 is 0. The molecule has 2 bridgehead atoms. The summed E-state index contributed by atoms with van der Waals surface area (Å²) in [4.78, 5) is 12.4. The molecule has 0 spiro atoms. The molecule has 0 saturated heterocycles. The lowest BCUT2D eigenvalue weighted by molar-refractivity contribution is 0.0657. The van der Waals surface area contributed by atoms with Crippen LogP contribution in [0.5, 0.6) is 0 Å². The van der Waals surface area contributed by atoms with E-state index in [1.165, 1.54) is 12.8 Å². The summed E-state index contributed by atoms with van der Waals surface area (Å²) in [5, 5.41) is 4.52. The minimum atomic E-state index is -0.145. The van der Waals surface area contributed by atoms with Crippen molar-refractivity contribution in [2.24, 2.45) is 21.8 Å². The Morgan fingerprint density at radius 3 is 2.48 bits per heavy atom. The van der Waals surface area contributed by atoms with Crippen LogP contribution in [0.25, 0.3) is 0 Å². The van der Waals surface area contributed by atoms with E-state index in [1.807, 2.05) is 38.1 Å².